The standard InChI is InChI=1S/C14H15N3O/c1-9-14-13(18-16-9)8-12(15-14)10-4-6-11(7-5-10)17(2)3/h4-8,15H,1-3H3. The van der Waals surface area contributed by atoms with Crippen molar-refractivity contribution in [3.63, 3.8) is 0 Å². The molecule has 2 aromatic heterocycles. The van der Waals surface area contributed by atoms with Gasteiger partial charge in [0, 0.05) is 31.5 Å². The van der Waals surface area contributed by atoms with Gasteiger partial charge in [0.1, 0.15) is 11.2 Å². The minimum atomic E-state index is 0.805. The van der Waals surface area contributed by atoms with Crippen LogP contribution in [0.5, 0.6) is 0 Å². The second kappa shape index (κ2) is 3.91. The third-order valence-electron chi connectivity index (χ3n) is 3.12. The normalized spacial score (nSPS) is 11.1. The van der Waals surface area contributed by atoms with E-state index in [-0.39, 0.29) is 0 Å². The minimum Gasteiger partial charge on any atom is -0.378 e. The first kappa shape index (κ1) is 10.9. The van der Waals surface area contributed by atoms with Crippen LogP contribution in [0.4, 0.5) is 5.69 Å². The van der Waals surface area contributed by atoms with Crippen LogP contribution in [0.1, 0.15) is 5.69 Å². The van der Waals surface area contributed by atoms with Gasteiger partial charge in [-0.25, -0.2) is 0 Å². The number of fused-ring (bicyclic) bond motifs is 1. The number of hydrogen-bond donors (Lipinski definition) is 1. The zero-order chi connectivity index (χ0) is 12.7. The zero-order valence-electron chi connectivity index (χ0n) is 10.7. The van der Waals surface area contributed by atoms with E-state index in [1.807, 2.05) is 27.1 Å². The van der Waals surface area contributed by atoms with Gasteiger partial charge in [-0.1, -0.05) is 17.3 Å². The van der Waals surface area contributed by atoms with Gasteiger partial charge in [0.15, 0.2) is 5.58 Å². The van der Waals surface area contributed by atoms with Crippen LogP contribution in [0.2, 0.25) is 0 Å². The molecular weight excluding hydrogens is 226 g/mol. The van der Waals surface area contributed by atoms with Gasteiger partial charge < -0.3 is 14.4 Å². The average Bonchev–Trinajstić information content (AvgIpc) is 2.92. The molecule has 18 heavy (non-hydrogen) atoms. The summed E-state index contributed by atoms with van der Waals surface area (Å²) in [5.74, 6) is 0. The van der Waals surface area contributed by atoms with Crippen LogP contribution in [0.3, 0.4) is 0 Å². The zero-order valence-corrected chi connectivity index (χ0v) is 10.7. The first-order chi connectivity index (χ1) is 8.65. The molecule has 4 nitrogen and oxygen atoms in total. The summed E-state index contributed by atoms with van der Waals surface area (Å²) in [5, 5.41) is 3.91. The Morgan fingerprint density at radius 2 is 1.89 bits per heavy atom. The minimum absolute atomic E-state index is 0.805. The highest BCUT2D eigenvalue weighted by molar-refractivity contribution is 5.83. The molecule has 0 spiro atoms. The van der Waals surface area contributed by atoms with E-state index in [2.05, 4.69) is 39.3 Å². The van der Waals surface area contributed by atoms with Crippen molar-refractivity contribution in [1.29, 1.82) is 0 Å². The predicted octanol–water partition coefficient (Wildman–Crippen LogP) is 3.20. The molecule has 0 bridgehead atoms. The molecule has 92 valence electrons. The molecule has 0 fully saturated rings. The molecule has 1 N–H and O–H groups in total. The fraction of sp³-hybridized carbons (Fsp3) is 0.214. The van der Waals surface area contributed by atoms with Crippen LogP contribution < -0.4 is 4.90 Å². The molecule has 0 aliphatic heterocycles. The Balaban J connectivity index is 2.03. The molecule has 0 saturated carbocycles. The largest absolute Gasteiger partial charge is 0.378 e. The summed E-state index contributed by atoms with van der Waals surface area (Å²) in [6, 6.07) is 10.4. The molecular formula is C14H15N3O. The van der Waals surface area contributed by atoms with Crippen molar-refractivity contribution in [2.24, 2.45) is 0 Å². The molecule has 0 aliphatic rings. The van der Waals surface area contributed by atoms with Crippen molar-refractivity contribution in [3.05, 3.63) is 36.0 Å². The Morgan fingerprint density at radius 3 is 2.50 bits per heavy atom. The van der Waals surface area contributed by atoms with E-state index in [0.29, 0.717) is 0 Å². The van der Waals surface area contributed by atoms with Crippen molar-refractivity contribution in [2.45, 2.75) is 6.92 Å². The maximum Gasteiger partial charge on any atom is 0.185 e. The summed E-state index contributed by atoms with van der Waals surface area (Å²) >= 11 is 0. The molecule has 3 rings (SSSR count). The summed E-state index contributed by atoms with van der Waals surface area (Å²) in [6.07, 6.45) is 0. The molecule has 2 heterocycles. The lowest BCUT2D eigenvalue weighted by Gasteiger charge is -2.12. The number of benzene rings is 1. The topological polar surface area (TPSA) is 45.1 Å². The third kappa shape index (κ3) is 1.66. The van der Waals surface area contributed by atoms with Gasteiger partial charge >= 0.3 is 0 Å². The quantitative estimate of drug-likeness (QED) is 0.749. The Bertz CT molecular complexity index is 677. The van der Waals surface area contributed by atoms with Crippen molar-refractivity contribution in [2.75, 3.05) is 19.0 Å². The maximum atomic E-state index is 5.22. The van der Waals surface area contributed by atoms with Gasteiger partial charge in [-0.3, -0.25) is 0 Å². The lowest BCUT2D eigenvalue weighted by molar-refractivity contribution is 0.450. The van der Waals surface area contributed by atoms with Crippen LogP contribution in [-0.2, 0) is 0 Å². The van der Waals surface area contributed by atoms with Gasteiger partial charge in [0.05, 0.1) is 0 Å². The smallest absolute Gasteiger partial charge is 0.185 e. The Morgan fingerprint density at radius 1 is 1.17 bits per heavy atom. The highest BCUT2D eigenvalue weighted by Gasteiger charge is 2.09. The Kier molecular flexibility index (Phi) is 2.37. The van der Waals surface area contributed by atoms with Crippen molar-refractivity contribution in [3.8, 4) is 11.3 Å². The van der Waals surface area contributed by atoms with Crippen LogP contribution in [0.25, 0.3) is 22.4 Å². The highest BCUT2D eigenvalue weighted by atomic mass is 16.5. The van der Waals surface area contributed by atoms with Gasteiger partial charge in [0.25, 0.3) is 0 Å². The van der Waals surface area contributed by atoms with Gasteiger partial charge in [-0.05, 0) is 24.6 Å². The van der Waals surface area contributed by atoms with Gasteiger partial charge in [-0.2, -0.15) is 0 Å². The average molecular weight is 241 g/mol. The lowest BCUT2D eigenvalue weighted by Crippen LogP contribution is -2.07. The second-order valence-corrected chi connectivity index (χ2v) is 4.63. The highest BCUT2D eigenvalue weighted by Crippen LogP contribution is 2.27. The summed E-state index contributed by atoms with van der Waals surface area (Å²) < 4.78 is 5.22. The van der Waals surface area contributed by atoms with Gasteiger partial charge in [0.2, 0.25) is 0 Å². The third-order valence-corrected chi connectivity index (χ3v) is 3.12. The first-order valence-corrected chi connectivity index (χ1v) is 5.88. The number of rotatable bonds is 2. The fourth-order valence-electron chi connectivity index (χ4n) is 2.03. The van der Waals surface area contributed by atoms with Crippen LogP contribution >= 0.6 is 0 Å². The number of nitrogens with one attached hydrogen (secondary N) is 1. The first-order valence-electron chi connectivity index (χ1n) is 5.88. The molecule has 0 aliphatic carbocycles. The number of anilines is 1. The number of nitrogens with zero attached hydrogens (tertiary/aromatic N) is 2. The second-order valence-electron chi connectivity index (χ2n) is 4.63. The molecule has 0 radical (unpaired) electrons. The number of H-pyrrole nitrogens is 1. The van der Waals surface area contributed by atoms with E-state index in [9.17, 15) is 0 Å². The van der Waals surface area contributed by atoms with Crippen LogP contribution in [-0.4, -0.2) is 24.2 Å². The fourth-order valence-corrected chi connectivity index (χ4v) is 2.03. The molecule has 1 aromatic carbocycles. The SMILES string of the molecule is Cc1noc2cc(-c3ccc(N(C)C)cc3)[nH]c12. The van der Waals surface area contributed by atoms with E-state index in [4.69, 9.17) is 4.52 Å². The lowest BCUT2D eigenvalue weighted by atomic mass is 10.1. The number of aryl methyl sites for hydroxylation is 1. The maximum absolute atomic E-state index is 5.22. The Hall–Kier alpha value is -2.23. The van der Waals surface area contributed by atoms with Crippen LogP contribution in [0.15, 0.2) is 34.9 Å². The van der Waals surface area contributed by atoms with E-state index in [1.54, 1.807) is 0 Å². The summed E-state index contributed by atoms with van der Waals surface area (Å²) in [4.78, 5) is 5.42. The van der Waals surface area contributed by atoms with Gasteiger partial charge in [-0.15, -0.1) is 0 Å². The van der Waals surface area contributed by atoms with E-state index >= 15 is 0 Å². The van der Waals surface area contributed by atoms with Crippen molar-refractivity contribution < 1.29 is 4.52 Å². The summed E-state index contributed by atoms with van der Waals surface area (Å²) in [7, 11) is 4.07. The monoisotopic (exact) mass is 241 g/mol. The molecule has 0 atom stereocenters. The molecule has 0 unspecified atom stereocenters. The van der Waals surface area contributed by atoms with Crippen molar-refractivity contribution in [1.82, 2.24) is 10.1 Å². The van der Waals surface area contributed by atoms with E-state index < -0.39 is 0 Å². The summed E-state index contributed by atoms with van der Waals surface area (Å²) in [6.45, 7) is 1.93. The molecule has 0 saturated heterocycles. The summed E-state index contributed by atoms with van der Waals surface area (Å²) in [5.41, 5.74) is 6.06. The van der Waals surface area contributed by atoms with Crippen LogP contribution in [0, 0.1) is 6.92 Å². The number of hydrogen-bond acceptors (Lipinski definition) is 3. The molecule has 4 heteroatoms. The predicted molar refractivity (Wildman–Crippen MR) is 72.9 cm³/mol. The Labute approximate surface area is 105 Å². The number of aromatic amines is 1. The number of aromatic nitrogens is 2. The molecule has 0 amide bonds. The van der Waals surface area contributed by atoms with E-state index in [1.165, 1.54) is 5.69 Å². The molecule has 3 aromatic rings. The van der Waals surface area contributed by atoms with E-state index in [0.717, 1.165) is 28.1 Å². The van der Waals surface area contributed by atoms with Crippen molar-refractivity contribution >= 4 is 16.8 Å².